The van der Waals surface area contributed by atoms with Gasteiger partial charge in [0.15, 0.2) is 21.3 Å². The topological polar surface area (TPSA) is 152 Å². The number of rotatable bonds is 7. The smallest absolute Gasteiger partial charge is 0.273 e. The van der Waals surface area contributed by atoms with E-state index in [9.17, 15) is 18.0 Å². The van der Waals surface area contributed by atoms with Crippen LogP contribution in [0.15, 0.2) is 23.2 Å². The van der Waals surface area contributed by atoms with Crippen LogP contribution in [0.4, 0.5) is 17.3 Å². The van der Waals surface area contributed by atoms with E-state index in [2.05, 4.69) is 25.8 Å². The molecule has 1 aliphatic rings. The quantitative estimate of drug-likeness (QED) is 0.566. The molecule has 166 valence electrons. The van der Waals surface area contributed by atoms with Gasteiger partial charge in [-0.2, -0.15) is 0 Å². The molecular formula is C19H24N6O5S. The number of carbonyl (C=O) groups excluding carboxylic acids is 2. The number of anilines is 3. The fraction of sp³-hybridized carbons (Fsp3) is 0.421. The predicted octanol–water partition coefficient (Wildman–Crippen LogP) is 1.37. The van der Waals surface area contributed by atoms with Gasteiger partial charge in [-0.25, -0.2) is 13.4 Å². The lowest BCUT2D eigenvalue weighted by atomic mass is 10.1. The van der Waals surface area contributed by atoms with Gasteiger partial charge >= 0.3 is 0 Å². The number of carbonyl (C=O) groups is 2. The highest BCUT2D eigenvalue weighted by molar-refractivity contribution is 7.90. The maximum atomic E-state index is 12.5. The lowest BCUT2D eigenvalue weighted by molar-refractivity contribution is -0.118. The van der Waals surface area contributed by atoms with Crippen molar-refractivity contribution >= 4 is 39.0 Å². The SMILES string of the molecule is [2H]C([2H])([2H])NC(=O)c1nnc(NC(=O)C2CC2(C)C)cc1Nc1ncc(OC)cc1S(C)(=O)=O. The van der Waals surface area contributed by atoms with Crippen LogP contribution in [-0.2, 0) is 14.6 Å². The summed E-state index contributed by atoms with van der Waals surface area (Å²) < 4.78 is 51.4. The van der Waals surface area contributed by atoms with Gasteiger partial charge in [-0.15, -0.1) is 10.2 Å². The van der Waals surface area contributed by atoms with E-state index < -0.39 is 28.4 Å². The molecular weight excluding hydrogens is 424 g/mol. The molecule has 2 aromatic rings. The molecule has 3 rings (SSSR count). The summed E-state index contributed by atoms with van der Waals surface area (Å²) >= 11 is 0. The van der Waals surface area contributed by atoms with Crippen LogP contribution in [-0.4, -0.2) is 55.8 Å². The predicted molar refractivity (Wildman–Crippen MR) is 113 cm³/mol. The minimum absolute atomic E-state index is 0.0185. The number of aromatic nitrogens is 3. The van der Waals surface area contributed by atoms with E-state index in [0.717, 1.165) is 6.26 Å². The van der Waals surface area contributed by atoms with E-state index >= 15 is 0 Å². The maximum Gasteiger partial charge on any atom is 0.273 e. The summed E-state index contributed by atoms with van der Waals surface area (Å²) in [6.45, 7) is 1.08. The summed E-state index contributed by atoms with van der Waals surface area (Å²) in [4.78, 5) is 28.8. The second kappa shape index (κ2) is 8.10. The number of pyridine rings is 1. The highest BCUT2D eigenvalue weighted by atomic mass is 32.2. The van der Waals surface area contributed by atoms with Crippen LogP contribution in [0.25, 0.3) is 0 Å². The van der Waals surface area contributed by atoms with Crippen molar-refractivity contribution in [3.05, 3.63) is 24.0 Å². The monoisotopic (exact) mass is 451 g/mol. The van der Waals surface area contributed by atoms with Gasteiger partial charge in [-0.3, -0.25) is 9.59 Å². The third kappa shape index (κ3) is 4.90. The van der Waals surface area contributed by atoms with E-state index in [0.29, 0.717) is 6.42 Å². The van der Waals surface area contributed by atoms with Crippen molar-refractivity contribution in [2.75, 3.05) is 31.0 Å². The van der Waals surface area contributed by atoms with Crippen LogP contribution >= 0.6 is 0 Å². The van der Waals surface area contributed by atoms with Crippen LogP contribution in [0.5, 0.6) is 5.75 Å². The van der Waals surface area contributed by atoms with Crippen LogP contribution in [0, 0.1) is 11.3 Å². The first-order chi connectivity index (χ1) is 15.6. The Kier molecular flexibility index (Phi) is 4.83. The number of nitrogens with one attached hydrogen (secondary N) is 3. The van der Waals surface area contributed by atoms with Crippen molar-refractivity contribution in [3.8, 4) is 5.75 Å². The Morgan fingerprint density at radius 2 is 2.00 bits per heavy atom. The Balaban J connectivity index is 2.02. The van der Waals surface area contributed by atoms with E-state index in [-0.39, 0.29) is 45.2 Å². The standard InChI is InChI=1S/C19H24N6O5S/c1-19(2)8-11(19)17(26)23-14-7-12(15(25-24-14)18(27)20-3)22-16-13(31(5,28)29)6-10(30-4)9-21-16/h6-7,9,11H,8H2,1-5H3,(H,20,27)(H2,21,22,23,24,26)/i3D3. The lowest BCUT2D eigenvalue weighted by Gasteiger charge is -2.14. The largest absolute Gasteiger partial charge is 0.495 e. The summed E-state index contributed by atoms with van der Waals surface area (Å²) in [5.41, 5.74) is -0.710. The molecule has 2 aromatic heterocycles. The molecule has 0 spiro atoms. The molecule has 12 heteroatoms. The Labute approximate surface area is 184 Å². The summed E-state index contributed by atoms with van der Waals surface area (Å²) in [6, 6.07) is 2.48. The van der Waals surface area contributed by atoms with E-state index in [1.165, 1.54) is 25.4 Å². The van der Waals surface area contributed by atoms with Gasteiger partial charge < -0.3 is 20.7 Å². The average molecular weight is 452 g/mol. The minimum Gasteiger partial charge on any atom is -0.495 e. The van der Waals surface area contributed by atoms with Crippen LogP contribution < -0.4 is 20.7 Å². The molecule has 2 amide bonds. The number of ether oxygens (including phenoxy) is 1. The first-order valence-corrected chi connectivity index (χ1v) is 11.0. The van der Waals surface area contributed by atoms with Crippen molar-refractivity contribution < 1.29 is 26.9 Å². The van der Waals surface area contributed by atoms with Gasteiger partial charge in [0, 0.05) is 35.4 Å². The third-order valence-corrected chi connectivity index (χ3v) is 6.03. The zero-order valence-electron chi connectivity index (χ0n) is 20.3. The Morgan fingerprint density at radius 3 is 2.58 bits per heavy atom. The van der Waals surface area contributed by atoms with E-state index in [1.807, 2.05) is 13.8 Å². The van der Waals surface area contributed by atoms with Crippen LogP contribution in [0.2, 0.25) is 0 Å². The fourth-order valence-electron chi connectivity index (χ4n) is 2.95. The van der Waals surface area contributed by atoms with Gasteiger partial charge in [0.25, 0.3) is 5.91 Å². The molecule has 1 aliphatic carbocycles. The number of hydrogen-bond acceptors (Lipinski definition) is 9. The number of sulfone groups is 1. The molecule has 2 heterocycles. The summed E-state index contributed by atoms with van der Waals surface area (Å²) in [6.07, 6.45) is 2.92. The van der Waals surface area contributed by atoms with Crippen LogP contribution in [0.3, 0.4) is 0 Å². The summed E-state index contributed by atoms with van der Waals surface area (Å²) in [5, 5.41) is 14.7. The molecule has 0 aliphatic heterocycles. The van der Waals surface area contributed by atoms with Gasteiger partial charge in [0.1, 0.15) is 16.5 Å². The molecule has 3 N–H and O–H groups in total. The average Bonchev–Trinajstić information content (AvgIpc) is 3.34. The summed E-state index contributed by atoms with van der Waals surface area (Å²) in [5.74, 6) is -1.60. The van der Waals surface area contributed by atoms with Crippen molar-refractivity contribution in [2.45, 2.75) is 25.2 Å². The zero-order valence-corrected chi connectivity index (χ0v) is 18.1. The number of nitrogens with zero attached hydrogens (tertiary/aromatic N) is 3. The summed E-state index contributed by atoms with van der Waals surface area (Å²) in [7, 11) is -2.45. The number of hydrogen-bond donors (Lipinski definition) is 3. The third-order valence-electron chi connectivity index (χ3n) is 4.92. The molecule has 0 aromatic carbocycles. The highest BCUT2D eigenvalue weighted by Crippen LogP contribution is 2.52. The molecule has 1 saturated carbocycles. The molecule has 1 fully saturated rings. The number of amides is 2. The van der Waals surface area contributed by atoms with Gasteiger partial charge in [-0.05, 0) is 11.8 Å². The van der Waals surface area contributed by atoms with Gasteiger partial charge in [-0.1, -0.05) is 13.8 Å². The first kappa shape index (κ1) is 18.5. The Morgan fingerprint density at radius 1 is 1.29 bits per heavy atom. The van der Waals surface area contributed by atoms with Gasteiger partial charge in [0.2, 0.25) is 5.91 Å². The van der Waals surface area contributed by atoms with Crippen molar-refractivity contribution in [3.63, 3.8) is 0 Å². The van der Waals surface area contributed by atoms with Crippen molar-refractivity contribution in [1.82, 2.24) is 20.5 Å². The second-order valence-electron chi connectivity index (χ2n) is 7.80. The normalized spacial score (nSPS) is 18.7. The Hall–Kier alpha value is -3.28. The van der Waals surface area contributed by atoms with E-state index in [4.69, 9.17) is 8.85 Å². The zero-order chi connectivity index (χ0) is 25.5. The van der Waals surface area contributed by atoms with Crippen molar-refractivity contribution in [1.29, 1.82) is 0 Å². The highest BCUT2D eigenvalue weighted by Gasteiger charge is 2.50. The molecule has 1 unspecified atom stereocenters. The molecule has 1 atom stereocenters. The molecule has 11 nitrogen and oxygen atoms in total. The molecule has 0 saturated heterocycles. The second-order valence-corrected chi connectivity index (χ2v) is 9.78. The molecule has 0 radical (unpaired) electrons. The minimum atomic E-state index is -3.79. The van der Waals surface area contributed by atoms with Crippen molar-refractivity contribution in [2.24, 2.45) is 11.3 Å². The lowest BCUT2D eigenvalue weighted by Crippen LogP contribution is -2.23. The first-order valence-electron chi connectivity index (χ1n) is 10.6. The van der Waals surface area contributed by atoms with Gasteiger partial charge in [0.05, 0.1) is 19.0 Å². The molecule has 31 heavy (non-hydrogen) atoms. The van der Waals surface area contributed by atoms with Crippen LogP contribution in [0.1, 0.15) is 34.9 Å². The number of methoxy groups -OCH3 is 1. The Bertz CT molecular complexity index is 1250. The molecule has 0 bridgehead atoms. The maximum absolute atomic E-state index is 12.5. The fourth-order valence-corrected chi connectivity index (χ4v) is 3.73. The van der Waals surface area contributed by atoms with E-state index in [1.54, 1.807) is 5.32 Å².